The highest BCUT2D eigenvalue weighted by molar-refractivity contribution is 7.89. The lowest BCUT2D eigenvalue weighted by molar-refractivity contribution is -0.132. The van der Waals surface area contributed by atoms with Crippen molar-refractivity contribution in [1.29, 1.82) is 0 Å². The molecule has 0 aliphatic heterocycles. The van der Waals surface area contributed by atoms with Crippen molar-refractivity contribution < 1.29 is 22.7 Å². The maximum absolute atomic E-state index is 13.1. The van der Waals surface area contributed by atoms with E-state index in [2.05, 4.69) is 9.97 Å². The van der Waals surface area contributed by atoms with Crippen molar-refractivity contribution in [3.8, 4) is 5.75 Å². The fraction of sp³-hybridized carbons (Fsp3) is 0.375. The van der Waals surface area contributed by atoms with Crippen LogP contribution in [0, 0.1) is 13.8 Å². The third-order valence-corrected chi connectivity index (χ3v) is 7.87. The van der Waals surface area contributed by atoms with Gasteiger partial charge in [0, 0.05) is 33.5 Å². The Hall–Kier alpha value is -3.44. The molecular weight excluding hydrogens is 470 g/mol. The van der Waals surface area contributed by atoms with E-state index in [1.165, 1.54) is 19.1 Å². The van der Waals surface area contributed by atoms with Gasteiger partial charge in [0.2, 0.25) is 15.9 Å². The van der Waals surface area contributed by atoms with Crippen molar-refractivity contribution in [1.82, 2.24) is 19.2 Å². The number of nitrogen functional groups attached to an aromatic ring is 1. The fourth-order valence-corrected chi connectivity index (χ4v) is 5.53. The molecule has 0 saturated heterocycles. The number of Topliss-reactive ketones (excluding diaryl/α,β-unsaturated/α-hetero) is 1. The Balaban J connectivity index is 1.57. The lowest BCUT2D eigenvalue weighted by atomic mass is 10.1. The summed E-state index contributed by atoms with van der Waals surface area (Å²) >= 11 is 0. The van der Waals surface area contributed by atoms with E-state index in [1.54, 1.807) is 33.0 Å². The Morgan fingerprint density at radius 2 is 1.74 bits per heavy atom. The molecule has 1 heterocycles. The largest absolute Gasteiger partial charge is 0.497 e. The molecule has 0 saturated carbocycles. The fourth-order valence-electron chi connectivity index (χ4n) is 3.98. The highest BCUT2D eigenvalue weighted by atomic mass is 32.2. The van der Waals surface area contributed by atoms with Crippen LogP contribution < -0.4 is 10.5 Å². The number of carbonyl (C=O) groups excluding carboxylic acids is 2. The Bertz CT molecular complexity index is 1340. The van der Waals surface area contributed by atoms with Crippen molar-refractivity contribution in [3.05, 3.63) is 47.0 Å². The number of ketones is 1. The van der Waals surface area contributed by atoms with Gasteiger partial charge in [-0.2, -0.15) is 4.31 Å². The molecule has 0 aliphatic rings. The number of imidazole rings is 1. The molecule has 3 rings (SSSR count). The lowest BCUT2D eigenvalue weighted by Gasteiger charge is -2.20. The molecule has 1 amide bonds. The van der Waals surface area contributed by atoms with Crippen LogP contribution in [0.15, 0.2) is 35.2 Å². The SMILES string of the molecule is COc1cc(C)c(S(=O)(=O)N(C)CC(=O)CCC(=O)N(C)Cc2ccc3nc(N)[nH]c3c2)c(C)c1. The maximum atomic E-state index is 13.1. The minimum atomic E-state index is -3.89. The van der Waals surface area contributed by atoms with Crippen molar-refractivity contribution in [2.45, 2.75) is 38.1 Å². The van der Waals surface area contributed by atoms with Crippen LogP contribution >= 0.6 is 0 Å². The van der Waals surface area contributed by atoms with Gasteiger partial charge in [-0.15, -0.1) is 0 Å². The normalized spacial score (nSPS) is 11.7. The molecular formula is C24H31N5O5S. The zero-order valence-corrected chi connectivity index (χ0v) is 21.4. The molecule has 35 heavy (non-hydrogen) atoms. The number of fused-ring (bicyclic) bond motifs is 1. The zero-order valence-electron chi connectivity index (χ0n) is 20.6. The van der Waals surface area contributed by atoms with E-state index in [-0.39, 0.29) is 36.0 Å². The van der Waals surface area contributed by atoms with Crippen molar-refractivity contribution >= 4 is 38.7 Å². The summed E-state index contributed by atoms with van der Waals surface area (Å²) in [7, 11) is 0.647. The van der Waals surface area contributed by atoms with Crippen LogP contribution in [0.1, 0.15) is 29.5 Å². The number of rotatable bonds is 10. The van der Waals surface area contributed by atoms with Gasteiger partial charge in [0.25, 0.3) is 0 Å². The van der Waals surface area contributed by atoms with E-state index in [0.717, 1.165) is 20.9 Å². The first-order chi connectivity index (χ1) is 16.4. The molecule has 3 aromatic rings. The van der Waals surface area contributed by atoms with E-state index in [1.807, 2.05) is 18.2 Å². The summed E-state index contributed by atoms with van der Waals surface area (Å²) < 4.78 is 32.4. The molecule has 0 bridgehead atoms. The molecule has 0 unspecified atom stereocenters. The number of aryl methyl sites for hydroxylation is 2. The number of H-pyrrole nitrogens is 1. The van der Waals surface area contributed by atoms with Crippen molar-refractivity contribution in [2.75, 3.05) is 33.5 Å². The first-order valence-corrected chi connectivity index (χ1v) is 12.5. The van der Waals surface area contributed by atoms with Gasteiger partial charge in [0.15, 0.2) is 5.95 Å². The van der Waals surface area contributed by atoms with Crippen molar-refractivity contribution in [3.63, 3.8) is 0 Å². The van der Waals surface area contributed by atoms with Gasteiger partial charge in [-0.3, -0.25) is 9.59 Å². The van der Waals surface area contributed by atoms with Crippen LogP contribution in [0.5, 0.6) is 5.75 Å². The minimum absolute atomic E-state index is 0.0109. The summed E-state index contributed by atoms with van der Waals surface area (Å²) in [6, 6.07) is 8.84. The predicted molar refractivity (Wildman–Crippen MR) is 134 cm³/mol. The van der Waals surface area contributed by atoms with E-state index >= 15 is 0 Å². The number of nitrogens with zero attached hydrogens (tertiary/aromatic N) is 3. The number of amides is 1. The number of ether oxygens (including phenoxy) is 1. The Morgan fingerprint density at radius 1 is 1.09 bits per heavy atom. The zero-order chi connectivity index (χ0) is 25.9. The third kappa shape index (κ3) is 5.98. The molecule has 0 fully saturated rings. The van der Waals surface area contributed by atoms with Crippen LogP contribution in [0.25, 0.3) is 11.0 Å². The number of benzene rings is 2. The molecule has 0 aliphatic carbocycles. The summed E-state index contributed by atoms with van der Waals surface area (Å²) in [5, 5.41) is 0. The molecule has 11 heteroatoms. The van der Waals surface area contributed by atoms with E-state index in [0.29, 0.717) is 29.4 Å². The number of methoxy groups -OCH3 is 1. The summed E-state index contributed by atoms with van der Waals surface area (Å²) in [5.74, 6) is 0.337. The van der Waals surface area contributed by atoms with Gasteiger partial charge < -0.3 is 20.4 Å². The molecule has 2 aromatic carbocycles. The van der Waals surface area contributed by atoms with Crippen LogP contribution in [0.4, 0.5) is 5.95 Å². The second-order valence-electron chi connectivity index (χ2n) is 8.61. The van der Waals surface area contributed by atoms with Gasteiger partial charge in [-0.05, 0) is 54.8 Å². The number of hydrogen-bond acceptors (Lipinski definition) is 7. The highest BCUT2D eigenvalue weighted by Crippen LogP contribution is 2.27. The molecule has 1 aromatic heterocycles. The van der Waals surface area contributed by atoms with Crippen LogP contribution in [-0.2, 0) is 26.2 Å². The third-order valence-electron chi connectivity index (χ3n) is 5.76. The number of aromatic nitrogens is 2. The van der Waals surface area contributed by atoms with Gasteiger partial charge >= 0.3 is 0 Å². The summed E-state index contributed by atoms with van der Waals surface area (Å²) in [6.07, 6.45) is -0.0667. The molecule has 0 spiro atoms. The molecule has 188 valence electrons. The van der Waals surface area contributed by atoms with E-state index in [9.17, 15) is 18.0 Å². The summed E-state index contributed by atoms with van der Waals surface area (Å²) in [4.78, 5) is 33.9. The summed E-state index contributed by atoms with van der Waals surface area (Å²) in [5.41, 5.74) is 9.15. The number of hydrogen-bond donors (Lipinski definition) is 2. The highest BCUT2D eigenvalue weighted by Gasteiger charge is 2.27. The van der Waals surface area contributed by atoms with Gasteiger partial charge in [-0.1, -0.05) is 6.07 Å². The van der Waals surface area contributed by atoms with Crippen molar-refractivity contribution in [2.24, 2.45) is 0 Å². The minimum Gasteiger partial charge on any atom is -0.497 e. The Morgan fingerprint density at radius 3 is 2.37 bits per heavy atom. The first kappa shape index (κ1) is 26.2. The second kappa shape index (κ2) is 10.4. The first-order valence-electron chi connectivity index (χ1n) is 11.0. The predicted octanol–water partition coefficient (Wildman–Crippen LogP) is 2.40. The van der Waals surface area contributed by atoms with Crippen LogP contribution in [0.2, 0.25) is 0 Å². The number of carbonyl (C=O) groups is 2. The average Bonchev–Trinajstić information content (AvgIpc) is 3.15. The van der Waals surface area contributed by atoms with Gasteiger partial charge in [0.05, 0.1) is 29.6 Å². The Labute approximate surface area is 205 Å². The smallest absolute Gasteiger partial charge is 0.243 e. The summed E-state index contributed by atoms with van der Waals surface area (Å²) in [6.45, 7) is 3.41. The topological polar surface area (TPSA) is 139 Å². The van der Waals surface area contributed by atoms with Crippen LogP contribution in [-0.4, -0.2) is 67.0 Å². The average molecular weight is 502 g/mol. The quantitative estimate of drug-likeness (QED) is 0.435. The van der Waals surface area contributed by atoms with Gasteiger partial charge in [-0.25, -0.2) is 13.4 Å². The monoisotopic (exact) mass is 501 g/mol. The maximum Gasteiger partial charge on any atom is 0.243 e. The van der Waals surface area contributed by atoms with Gasteiger partial charge in [0.1, 0.15) is 11.5 Å². The lowest BCUT2D eigenvalue weighted by Crippen LogP contribution is -2.34. The molecule has 10 nitrogen and oxygen atoms in total. The second-order valence-corrected chi connectivity index (χ2v) is 10.6. The number of anilines is 1. The van der Waals surface area contributed by atoms with E-state index in [4.69, 9.17) is 10.5 Å². The Kier molecular flexibility index (Phi) is 7.81. The number of likely N-dealkylation sites (N-methyl/N-ethyl adjacent to an activating group) is 1. The molecule has 0 radical (unpaired) electrons. The number of nitrogens with two attached hydrogens (primary N) is 1. The number of nitrogens with one attached hydrogen (secondary N) is 1. The molecule has 3 N–H and O–H groups in total. The van der Waals surface area contributed by atoms with Crippen LogP contribution in [0.3, 0.4) is 0 Å². The number of aromatic amines is 1. The standard InChI is InChI=1S/C24H31N5O5S/c1-15-10-19(34-5)11-16(2)23(15)35(32,33)29(4)14-18(30)7-9-22(31)28(3)13-17-6-8-20-21(12-17)27-24(25)26-20/h6,8,10-12H,7,9,13-14H2,1-5H3,(H3,25,26,27). The van der Waals surface area contributed by atoms with E-state index < -0.39 is 10.0 Å². The number of sulfonamides is 1. The molecule has 0 atom stereocenters.